The van der Waals surface area contributed by atoms with E-state index in [1.54, 1.807) is 6.07 Å². The first kappa shape index (κ1) is 17.4. The largest absolute Gasteiger partial charge is 0.381 e. The van der Waals surface area contributed by atoms with Gasteiger partial charge >= 0.3 is 0 Å². The molecule has 2 aliphatic heterocycles. The van der Waals surface area contributed by atoms with E-state index in [4.69, 9.17) is 4.74 Å². The van der Waals surface area contributed by atoms with E-state index >= 15 is 0 Å². The minimum absolute atomic E-state index is 0.103. The zero-order valence-electron chi connectivity index (χ0n) is 14.3. The van der Waals surface area contributed by atoms with Crippen LogP contribution in [0.25, 0.3) is 0 Å². The summed E-state index contributed by atoms with van der Waals surface area (Å²) in [7, 11) is 0. The maximum atomic E-state index is 13.2. The summed E-state index contributed by atoms with van der Waals surface area (Å²) in [5, 5.41) is 0. The van der Waals surface area contributed by atoms with Crippen molar-refractivity contribution in [3.8, 4) is 0 Å². The molecule has 0 spiro atoms. The SMILES string of the molecule is O=C(Cc1cccc(F)c1)N1CCCN(CCC2CCOC2)CC1. The van der Waals surface area contributed by atoms with E-state index in [9.17, 15) is 9.18 Å². The van der Waals surface area contributed by atoms with E-state index in [0.29, 0.717) is 5.92 Å². The Morgan fingerprint density at radius 2 is 2.17 bits per heavy atom. The molecular formula is C19H27FN2O2. The van der Waals surface area contributed by atoms with Crippen molar-refractivity contribution in [1.29, 1.82) is 0 Å². The normalized spacial score (nSPS) is 22.5. The van der Waals surface area contributed by atoms with E-state index in [0.717, 1.165) is 57.9 Å². The minimum atomic E-state index is -0.279. The van der Waals surface area contributed by atoms with Gasteiger partial charge in [-0.15, -0.1) is 0 Å². The molecule has 0 N–H and O–H groups in total. The summed E-state index contributed by atoms with van der Waals surface area (Å²) in [5.74, 6) is 0.531. The molecular weight excluding hydrogens is 307 g/mol. The van der Waals surface area contributed by atoms with Gasteiger partial charge in [0.15, 0.2) is 0 Å². The standard InChI is InChI=1S/C19H27FN2O2/c20-18-4-1-3-17(13-18)14-19(23)22-8-2-7-21(10-11-22)9-5-16-6-12-24-15-16/h1,3-4,13,16H,2,5-12,14-15H2. The average molecular weight is 334 g/mol. The van der Waals surface area contributed by atoms with Crippen LogP contribution in [0.2, 0.25) is 0 Å². The van der Waals surface area contributed by atoms with Crippen LogP contribution < -0.4 is 0 Å². The molecule has 2 saturated heterocycles. The van der Waals surface area contributed by atoms with Crippen LogP contribution in [0.3, 0.4) is 0 Å². The van der Waals surface area contributed by atoms with Crippen LogP contribution in [-0.4, -0.2) is 61.6 Å². The van der Waals surface area contributed by atoms with Crippen LogP contribution in [0.15, 0.2) is 24.3 Å². The molecule has 24 heavy (non-hydrogen) atoms. The molecule has 2 aliphatic rings. The smallest absolute Gasteiger partial charge is 0.227 e. The number of rotatable bonds is 5. The van der Waals surface area contributed by atoms with Gasteiger partial charge in [-0.3, -0.25) is 4.79 Å². The summed E-state index contributed by atoms with van der Waals surface area (Å²) in [5.41, 5.74) is 0.752. The third-order valence-corrected chi connectivity index (χ3v) is 5.06. The summed E-state index contributed by atoms with van der Waals surface area (Å²) < 4.78 is 18.7. The predicted molar refractivity (Wildman–Crippen MR) is 91.3 cm³/mol. The molecule has 1 aromatic rings. The molecule has 0 bridgehead atoms. The van der Waals surface area contributed by atoms with Crippen molar-refractivity contribution in [2.75, 3.05) is 45.9 Å². The fourth-order valence-electron chi connectivity index (χ4n) is 3.55. The molecule has 0 radical (unpaired) electrons. The van der Waals surface area contributed by atoms with Gasteiger partial charge in [-0.2, -0.15) is 0 Å². The zero-order valence-corrected chi connectivity index (χ0v) is 14.3. The maximum Gasteiger partial charge on any atom is 0.227 e. The molecule has 0 aliphatic carbocycles. The Labute approximate surface area is 143 Å². The average Bonchev–Trinajstić information content (AvgIpc) is 2.97. The van der Waals surface area contributed by atoms with Crippen molar-refractivity contribution in [3.63, 3.8) is 0 Å². The van der Waals surface area contributed by atoms with Crippen LogP contribution in [0.5, 0.6) is 0 Å². The van der Waals surface area contributed by atoms with Crippen LogP contribution in [0.4, 0.5) is 4.39 Å². The number of hydrogen-bond donors (Lipinski definition) is 0. The van der Waals surface area contributed by atoms with Gasteiger partial charge < -0.3 is 14.5 Å². The molecule has 5 heteroatoms. The van der Waals surface area contributed by atoms with Gasteiger partial charge in [-0.05, 0) is 56.0 Å². The summed E-state index contributed by atoms with van der Waals surface area (Å²) in [6, 6.07) is 6.34. The van der Waals surface area contributed by atoms with Crippen LogP contribution in [0, 0.1) is 11.7 Å². The highest BCUT2D eigenvalue weighted by atomic mass is 19.1. The fourth-order valence-corrected chi connectivity index (χ4v) is 3.55. The number of halogens is 1. The van der Waals surface area contributed by atoms with Crippen molar-refractivity contribution < 1.29 is 13.9 Å². The Bertz CT molecular complexity index is 546. The Morgan fingerprint density at radius 1 is 1.25 bits per heavy atom. The van der Waals surface area contributed by atoms with Gasteiger partial charge in [-0.25, -0.2) is 4.39 Å². The molecule has 0 saturated carbocycles. The van der Waals surface area contributed by atoms with Gasteiger partial charge in [0.1, 0.15) is 5.82 Å². The first-order valence-electron chi connectivity index (χ1n) is 9.03. The third kappa shape index (κ3) is 5.02. The van der Waals surface area contributed by atoms with E-state index in [1.807, 2.05) is 11.0 Å². The quantitative estimate of drug-likeness (QED) is 0.828. The number of nitrogens with zero attached hydrogens (tertiary/aromatic N) is 2. The molecule has 2 fully saturated rings. The molecule has 1 aromatic carbocycles. The van der Waals surface area contributed by atoms with Gasteiger partial charge in [0.05, 0.1) is 6.42 Å². The summed E-state index contributed by atoms with van der Waals surface area (Å²) in [4.78, 5) is 16.9. The van der Waals surface area contributed by atoms with Gasteiger partial charge in [0.25, 0.3) is 0 Å². The Kier molecular flexibility index (Phi) is 6.21. The van der Waals surface area contributed by atoms with Crippen molar-refractivity contribution in [2.24, 2.45) is 5.92 Å². The first-order chi connectivity index (χ1) is 11.7. The second-order valence-electron chi connectivity index (χ2n) is 6.90. The summed E-state index contributed by atoms with van der Waals surface area (Å²) in [6.45, 7) is 6.48. The monoisotopic (exact) mass is 334 g/mol. The lowest BCUT2D eigenvalue weighted by molar-refractivity contribution is -0.130. The number of carbonyl (C=O) groups excluding carboxylic acids is 1. The fraction of sp³-hybridized carbons (Fsp3) is 0.632. The van der Waals surface area contributed by atoms with Crippen molar-refractivity contribution >= 4 is 5.91 Å². The molecule has 1 unspecified atom stereocenters. The summed E-state index contributed by atoms with van der Waals surface area (Å²) >= 11 is 0. The number of carbonyl (C=O) groups is 1. The lowest BCUT2D eigenvalue weighted by Crippen LogP contribution is -2.36. The Balaban J connectivity index is 1.44. The molecule has 1 amide bonds. The molecule has 4 nitrogen and oxygen atoms in total. The first-order valence-corrected chi connectivity index (χ1v) is 9.03. The van der Waals surface area contributed by atoms with Crippen molar-refractivity contribution in [1.82, 2.24) is 9.80 Å². The van der Waals surface area contributed by atoms with Crippen LogP contribution >= 0.6 is 0 Å². The predicted octanol–water partition coefficient (Wildman–Crippen LogP) is 2.33. The van der Waals surface area contributed by atoms with Crippen molar-refractivity contribution in [2.45, 2.75) is 25.7 Å². The van der Waals surface area contributed by atoms with E-state index < -0.39 is 0 Å². The van der Waals surface area contributed by atoms with Crippen LogP contribution in [-0.2, 0) is 16.0 Å². The lowest BCUT2D eigenvalue weighted by Gasteiger charge is -2.23. The topological polar surface area (TPSA) is 32.8 Å². The highest BCUT2D eigenvalue weighted by molar-refractivity contribution is 5.78. The second-order valence-corrected chi connectivity index (χ2v) is 6.90. The summed E-state index contributed by atoms with van der Waals surface area (Å²) in [6.07, 6.45) is 3.68. The number of hydrogen-bond acceptors (Lipinski definition) is 3. The third-order valence-electron chi connectivity index (χ3n) is 5.06. The highest BCUT2D eigenvalue weighted by Crippen LogP contribution is 2.17. The molecule has 2 heterocycles. The molecule has 132 valence electrons. The highest BCUT2D eigenvalue weighted by Gasteiger charge is 2.21. The second kappa shape index (κ2) is 8.58. The minimum Gasteiger partial charge on any atom is -0.381 e. The molecule has 1 atom stereocenters. The zero-order chi connectivity index (χ0) is 16.8. The molecule has 3 rings (SSSR count). The molecule has 0 aromatic heterocycles. The number of benzene rings is 1. The van der Waals surface area contributed by atoms with Crippen LogP contribution in [0.1, 0.15) is 24.8 Å². The van der Waals surface area contributed by atoms with E-state index in [-0.39, 0.29) is 18.1 Å². The maximum absolute atomic E-state index is 13.2. The van der Waals surface area contributed by atoms with Gasteiger partial charge in [-0.1, -0.05) is 12.1 Å². The van der Waals surface area contributed by atoms with E-state index in [2.05, 4.69) is 4.90 Å². The van der Waals surface area contributed by atoms with Gasteiger partial charge in [0, 0.05) is 32.8 Å². The van der Waals surface area contributed by atoms with Crippen molar-refractivity contribution in [3.05, 3.63) is 35.6 Å². The lowest BCUT2D eigenvalue weighted by atomic mass is 10.1. The number of amides is 1. The Morgan fingerprint density at radius 3 is 2.96 bits per heavy atom. The Hall–Kier alpha value is -1.46. The van der Waals surface area contributed by atoms with E-state index in [1.165, 1.54) is 25.0 Å². The van der Waals surface area contributed by atoms with Gasteiger partial charge in [0.2, 0.25) is 5.91 Å². The number of ether oxygens (including phenoxy) is 1.